The van der Waals surface area contributed by atoms with Gasteiger partial charge in [0, 0.05) is 9.79 Å². The number of carbonyl (C=O) groups is 1. The van der Waals surface area contributed by atoms with Crippen LogP contribution in [0.2, 0.25) is 0 Å². The van der Waals surface area contributed by atoms with E-state index in [-0.39, 0.29) is 11.8 Å². The van der Waals surface area contributed by atoms with Crippen molar-refractivity contribution in [2.24, 2.45) is 11.7 Å². The van der Waals surface area contributed by atoms with Gasteiger partial charge in [-0.25, -0.2) is 0 Å². The highest BCUT2D eigenvalue weighted by Gasteiger charge is 2.18. The summed E-state index contributed by atoms with van der Waals surface area (Å²) in [6, 6.07) is 17.3. The highest BCUT2D eigenvalue weighted by Crippen LogP contribution is 2.33. The van der Waals surface area contributed by atoms with Gasteiger partial charge in [0.05, 0.1) is 11.7 Å². The van der Waals surface area contributed by atoms with E-state index in [0.717, 1.165) is 15.5 Å². The summed E-state index contributed by atoms with van der Waals surface area (Å²) in [5, 5.41) is 2.93. The summed E-state index contributed by atoms with van der Waals surface area (Å²) < 4.78 is 0. The fourth-order valence-electron chi connectivity index (χ4n) is 1.79. The quantitative estimate of drug-likeness (QED) is 0.884. The molecule has 3 N–H and O–H groups in total. The molecule has 3 nitrogen and oxygen atoms in total. The molecule has 1 atom stereocenters. The third kappa shape index (κ3) is 4.34. The van der Waals surface area contributed by atoms with Crippen molar-refractivity contribution in [1.82, 2.24) is 0 Å². The molecule has 0 radical (unpaired) electrons. The monoisotopic (exact) mass is 300 g/mol. The van der Waals surface area contributed by atoms with Crippen LogP contribution in [0.1, 0.15) is 13.8 Å². The Balaban J connectivity index is 2.16. The minimum atomic E-state index is -0.500. The molecule has 2 aromatic carbocycles. The summed E-state index contributed by atoms with van der Waals surface area (Å²) in [6.07, 6.45) is 0. The van der Waals surface area contributed by atoms with Gasteiger partial charge >= 0.3 is 0 Å². The first-order chi connectivity index (χ1) is 10.1. The molecule has 21 heavy (non-hydrogen) atoms. The van der Waals surface area contributed by atoms with E-state index >= 15 is 0 Å². The van der Waals surface area contributed by atoms with Crippen LogP contribution in [-0.2, 0) is 4.79 Å². The second-order valence-corrected chi connectivity index (χ2v) is 6.29. The Morgan fingerprint density at radius 1 is 1.05 bits per heavy atom. The molecule has 0 saturated carbocycles. The SMILES string of the molecule is CC(C)C(N)C(=O)Nc1ccccc1Sc1ccccc1. The number of carbonyl (C=O) groups excluding carboxylic acids is 1. The largest absolute Gasteiger partial charge is 0.324 e. The Hall–Kier alpha value is -1.78. The molecule has 0 saturated heterocycles. The topological polar surface area (TPSA) is 55.1 Å². The van der Waals surface area contributed by atoms with Gasteiger partial charge in [-0.15, -0.1) is 0 Å². The van der Waals surface area contributed by atoms with E-state index in [9.17, 15) is 4.79 Å². The van der Waals surface area contributed by atoms with Crippen LogP contribution >= 0.6 is 11.8 Å². The van der Waals surface area contributed by atoms with Crippen molar-refractivity contribution in [1.29, 1.82) is 0 Å². The summed E-state index contributed by atoms with van der Waals surface area (Å²) in [5.41, 5.74) is 6.69. The zero-order chi connectivity index (χ0) is 15.2. The molecule has 0 aliphatic carbocycles. The van der Waals surface area contributed by atoms with Gasteiger partial charge < -0.3 is 11.1 Å². The predicted octanol–water partition coefficient (Wildman–Crippen LogP) is 3.76. The summed E-state index contributed by atoms with van der Waals surface area (Å²) in [7, 11) is 0. The van der Waals surface area contributed by atoms with E-state index in [1.54, 1.807) is 11.8 Å². The van der Waals surface area contributed by atoms with Crippen LogP contribution in [0.15, 0.2) is 64.4 Å². The molecule has 0 aliphatic heterocycles. The highest BCUT2D eigenvalue weighted by atomic mass is 32.2. The van der Waals surface area contributed by atoms with Gasteiger partial charge in [0.15, 0.2) is 0 Å². The maximum atomic E-state index is 12.1. The van der Waals surface area contributed by atoms with Crippen LogP contribution < -0.4 is 11.1 Å². The molecular formula is C17H20N2OS. The Bertz CT molecular complexity index is 599. The van der Waals surface area contributed by atoms with Crippen LogP contribution in [0.25, 0.3) is 0 Å². The predicted molar refractivity (Wildman–Crippen MR) is 88.5 cm³/mol. The highest BCUT2D eigenvalue weighted by molar-refractivity contribution is 7.99. The number of nitrogens with one attached hydrogen (secondary N) is 1. The van der Waals surface area contributed by atoms with Crippen LogP contribution in [0, 0.1) is 5.92 Å². The zero-order valence-electron chi connectivity index (χ0n) is 12.2. The summed E-state index contributed by atoms with van der Waals surface area (Å²) in [5.74, 6) is -0.0370. The first-order valence-electron chi connectivity index (χ1n) is 6.96. The number of nitrogens with two attached hydrogens (primary N) is 1. The first-order valence-corrected chi connectivity index (χ1v) is 7.78. The number of anilines is 1. The number of amides is 1. The van der Waals surface area contributed by atoms with Gasteiger partial charge in [-0.2, -0.15) is 0 Å². The Kier molecular flexibility index (Phi) is 5.42. The van der Waals surface area contributed by atoms with E-state index < -0.39 is 6.04 Å². The molecule has 1 unspecified atom stereocenters. The van der Waals surface area contributed by atoms with E-state index in [1.165, 1.54) is 0 Å². The first kappa shape index (κ1) is 15.6. The van der Waals surface area contributed by atoms with Crippen molar-refractivity contribution < 1.29 is 4.79 Å². The van der Waals surface area contributed by atoms with Crippen LogP contribution in [0.4, 0.5) is 5.69 Å². The second kappa shape index (κ2) is 7.29. The lowest BCUT2D eigenvalue weighted by Gasteiger charge is -2.17. The van der Waals surface area contributed by atoms with E-state index in [1.807, 2.05) is 68.4 Å². The van der Waals surface area contributed by atoms with Crippen molar-refractivity contribution in [3.05, 3.63) is 54.6 Å². The number of hydrogen-bond acceptors (Lipinski definition) is 3. The molecule has 2 rings (SSSR count). The fraction of sp³-hybridized carbons (Fsp3) is 0.235. The zero-order valence-corrected chi connectivity index (χ0v) is 13.1. The van der Waals surface area contributed by atoms with E-state index in [0.29, 0.717) is 0 Å². The molecule has 0 aromatic heterocycles. The molecule has 110 valence electrons. The molecule has 0 aliphatic rings. The number of rotatable bonds is 5. The molecule has 2 aromatic rings. The second-order valence-electron chi connectivity index (χ2n) is 5.17. The summed E-state index contributed by atoms with van der Waals surface area (Å²) in [6.45, 7) is 3.88. The lowest BCUT2D eigenvalue weighted by Crippen LogP contribution is -2.39. The number of benzene rings is 2. The molecule has 0 heterocycles. The molecule has 0 spiro atoms. The van der Waals surface area contributed by atoms with E-state index in [2.05, 4.69) is 5.32 Å². The smallest absolute Gasteiger partial charge is 0.241 e. The molecule has 0 bridgehead atoms. The van der Waals surface area contributed by atoms with Crippen LogP contribution in [0.5, 0.6) is 0 Å². The molecule has 0 fully saturated rings. The maximum Gasteiger partial charge on any atom is 0.241 e. The fourth-order valence-corrected chi connectivity index (χ4v) is 2.72. The lowest BCUT2D eigenvalue weighted by atomic mass is 10.1. The van der Waals surface area contributed by atoms with Gasteiger partial charge in [0.2, 0.25) is 5.91 Å². The van der Waals surface area contributed by atoms with Crippen molar-refractivity contribution in [2.75, 3.05) is 5.32 Å². The van der Waals surface area contributed by atoms with Crippen LogP contribution in [-0.4, -0.2) is 11.9 Å². The lowest BCUT2D eigenvalue weighted by molar-refractivity contribution is -0.118. The average molecular weight is 300 g/mol. The minimum Gasteiger partial charge on any atom is -0.324 e. The normalized spacial score (nSPS) is 12.2. The van der Waals surface area contributed by atoms with Gasteiger partial charge in [0.1, 0.15) is 0 Å². The molecule has 4 heteroatoms. The average Bonchev–Trinajstić information content (AvgIpc) is 2.49. The third-order valence-electron chi connectivity index (χ3n) is 3.14. The van der Waals surface area contributed by atoms with Gasteiger partial charge in [-0.1, -0.05) is 55.9 Å². The Labute approximate surface area is 129 Å². The van der Waals surface area contributed by atoms with Crippen LogP contribution in [0.3, 0.4) is 0 Å². The third-order valence-corrected chi connectivity index (χ3v) is 4.22. The Morgan fingerprint density at radius 3 is 2.33 bits per heavy atom. The van der Waals surface area contributed by atoms with E-state index in [4.69, 9.17) is 5.73 Å². The summed E-state index contributed by atoms with van der Waals surface area (Å²) >= 11 is 1.62. The number of para-hydroxylation sites is 1. The maximum absolute atomic E-state index is 12.1. The van der Waals surface area contributed by atoms with Gasteiger partial charge in [0.25, 0.3) is 0 Å². The summed E-state index contributed by atoms with van der Waals surface area (Å²) in [4.78, 5) is 14.3. The minimum absolute atomic E-state index is 0.110. The van der Waals surface area contributed by atoms with Crippen molar-refractivity contribution in [3.8, 4) is 0 Å². The van der Waals surface area contributed by atoms with Crippen molar-refractivity contribution >= 4 is 23.4 Å². The Morgan fingerprint density at radius 2 is 1.67 bits per heavy atom. The molecular weight excluding hydrogens is 280 g/mol. The van der Waals surface area contributed by atoms with Crippen molar-refractivity contribution in [2.45, 2.75) is 29.7 Å². The van der Waals surface area contributed by atoms with Crippen molar-refractivity contribution in [3.63, 3.8) is 0 Å². The number of hydrogen-bond donors (Lipinski definition) is 2. The standard InChI is InChI=1S/C17H20N2OS/c1-12(2)16(18)17(20)19-14-10-6-7-11-15(14)21-13-8-4-3-5-9-13/h3-12,16H,18H2,1-2H3,(H,19,20). The van der Waals surface area contributed by atoms with Gasteiger partial charge in [-0.05, 0) is 30.2 Å². The molecule has 1 amide bonds. The van der Waals surface area contributed by atoms with Gasteiger partial charge in [-0.3, -0.25) is 4.79 Å².